The lowest BCUT2D eigenvalue weighted by Crippen LogP contribution is -2.23. The summed E-state index contributed by atoms with van der Waals surface area (Å²) < 4.78 is 44.2. The summed E-state index contributed by atoms with van der Waals surface area (Å²) in [5.41, 5.74) is 3.04. The van der Waals surface area contributed by atoms with Crippen LogP contribution in [0.5, 0.6) is 11.5 Å². The number of aryl methyl sites for hydroxylation is 1. The topological polar surface area (TPSA) is 90.7 Å². The maximum Gasteiger partial charge on any atom is 0.244 e. The molecule has 0 aliphatic heterocycles. The molecule has 0 saturated carbocycles. The van der Waals surface area contributed by atoms with Crippen molar-refractivity contribution in [2.45, 2.75) is 25.3 Å². The largest absolute Gasteiger partial charge is 0.497 e. The summed E-state index contributed by atoms with van der Waals surface area (Å²) in [6.07, 6.45) is 0. The second-order valence-corrected chi connectivity index (χ2v) is 8.00. The molecule has 0 saturated heterocycles. The van der Waals surface area contributed by atoms with Gasteiger partial charge in [-0.3, -0.25) is 0 Å². The summed E-state index contributed by atoms with van der Waals surface area (Å²) >= 11 is 0. The molecule has 0 radical (unpaired) electrons. The van der Waals surface area contributed by atoms with Gasteiger partial charge in [0.05, 0.1) is 19.9 Å². The molecule has 0 unspecified atom stereocenters. The van der Waals surface area contributed by atoms with Gasteiger partial charge in [0.15, 0.2) is 5.76 Å². The van der Waals surface area contributed by atoms with Crippen LogP contribution in [0.1, 0.15) is 16.8 Å². The number of sulfonamides is 1. The highest BCUT2D eigenvalue weighted by molar-refractivity contribution is 7.89. The molecule has 0 fully saturated rings. The normalized spacial score (nSPS) is 11.4. The van der Waals surface area contributed by atoms with Gasteiger partial charge in [0, 0.05) is 17.7 Å². The van der Waals surface area contributed by atoms with Crippen molar-refractivity contribution >= 4 is 10.0 Å². The van der Waals surface area contributed by atoms with Gasteiger partial charge >= 0.3 is 0 Å². The molecule has 1 heterocycles. The van der Waals surface area contributed by atoms with Crippen LogP contribution in [0.2, 0.25) is 0 Å². The van der Waals surface area contributed by atoms with Crippen LogP contribution in [0.3, 0.4) is 0 Å². The number of rotatable bonds is 7. The molecular formula is C20H22N2O5S. The highest BCUT2D eigenvalue weighted by Crippen LogP contribution is 2.32. The molecule has 1 aromatic heterocycles. The quantitative estimate of drug-likeness (QED) is 0.651. The zero-order valence-electron chi connectivity index (χ0n) is 16.1. The number of methoxy groups -OCH3 is 2. The number of hydrogen-bond acceptors (Lipinski definition) is 6. The summed E-state index contributed by atoms with van der Waals surface area (Å²) in [4.78, 5) is 0.0365. The first-order valence-electron chi connectivity index (χ1n) is 8.59. The van der Waals surface area contributed by atoms with Crippen LogP contribution in [0, 0.1) is 13.8 Å². The molecule has 28 heavy (non-hydrogen) atoms. The van der Waals surface area contributed by atoms with Crippen molar-refractivity contribution in [1.82, 2.24) is 9.88 Å². The SMILES string of the molecule is COc1ccc(CNS(=O)(=O)c2cc(-c3onc(C)c3C)ccc2OC)cc1. The second kappa shape index (κ2) is 8.04. The van der Waals surface area contributed by atoms with Crippen LogP contribution in [0.15, 0.2) is 51.9 Å². The van der Waals surface area contributed by atoms with E-state index >= 15 is 0 Å². The Balaban J connectivity index is 1.90. The van der Waals surface area contributed by atoms with Gasteiger partial charge in [-0.1, -0.05) is 17.3 Å². The Labute approximate surface area is 164 Å². The van der Waals surface area contributed by atoms with E-state index in [9.17, 15) is 8.42 Å². The lowest BCUT2D eigenvalue weighted by Gasteiger charge is -2.12. The Hall–Kier alpha value is -2.84. The maximum atomic E-state index is 12.9. The second-order valence-electron chi connectivity index (χ2n) is 6.26. The van der Waals surface area contributed by atoms with Gasteiger partial charge in [0.2, 0.25) is 10.0 Å². The summed E-state index contributed by atoms with van der Waals surface area (Å²) in [6.45, 7) is 3.85. The Morgan fingerprint density at radius 1 is 1.04 bits per heavy atom. The lowest BCUT2D eigenvalue weighted by molar-refractivity contribution is 0.402. The zero-order chi connectivity index (χ0) is 20.3. The molecule has 8 heteroatoms. The molecule has 0 spiro atoms. The van der Waals surface area contributed by atoms with Gasteiger partial charge in [0.1, 0.15) is 16.4 Å². The van der Waals surface area contributed by atoms with Crippen molar-refractivity contribution in [3.05, 3.63) is 59.3 Å². The number of nitrogens with zero attached hydrogens (tertiary/aromatic N) is 1. The maximum absolute atomic E-state index is 12.9. The van der Waals surface area contributed by atoms with E-state index in [4.69, 9.17) is 14.0 Å². The summed E-state index contributed by atoms with van der Waals surface area (Å²) in [5, 5.41) is 3.94. The van der Waals surface area contributed by atoms with Crippen molar-refractivity contribution in [3.63, 3.8) is 0 Å². The van der Waals surface area contributed by atoms with Gasteiger partial charge in [-0.2, -0.15) is 0 Å². The molecule has 0 aliphatic rings. The molecule has 3 aromatic rings. The molecule has 0 bridgehead atoms. The fourth-order valence-corrected chi connectivity index (χ4v) is 3.92. The predicted octanol–water partition coefficient (Wildman–Crippen LogP) is 3.45. The molecule has 3 rings (SSSR count). The van der Waals surface area contributed by atoms with Crippen molar-refractivity contribution in [1.29, 1.82) is 0 Å². The first-order valence-corrected chi connectivity index (χ1v) is 10.1. The number of nitrogens with one attached hydrogen (secondary N) is 1. The van der Waals surface area contributed by atoms with Crippen molar-refractivity contribution in [2.75, 3.05) is 14.2 Å². The van der Waals surface area contributed by atoms with Gasteiger partial charge < -0.3 is 14.0 Å². The highest BCUT2D eigenvalue weighted by Gasteiger charge is 2.22. The zero-order valence-corrected chi connectivity index (χ0v) is 17.0. The average Bonchev–Trinajstić information content (AvgIpc) is 3.05. The van der Waals surface area contributed by atoms with Gasteiger partial charge in [0.25, 0.3) is 0 Å². The molecular weight excluding hydrogens is 380 g/mol. The van der Waals surface area contributed by atoms with E-state index in [0.29, 0.717) is 17.1 Å². The predicted molar refractivity (Wildman–Crippen MR) is 105 cm³/mol. The third-order valence-electron chi connectivity index (χ3n) is 4.50. The van der Waals surface area contributed by atoms with Crippen LogP contribution in [0.25, 0.3) is 11.3 Å². The van der Waals surface area contributed by atoms with Crippen LogP contribution >= 0.6 is 0 Å². The van der Waals surface area contributed by atoms with Gasteiger partial charge in [-0.15, -0.1) is 0 Å². The molecule has 7 nitrogen and oxygen atoms in total. The monoisotopic (exact) mass is 402 g/mol. The molecule has 0 aliphatic carbocycles. The fraction of sp³-hybridized carbons (Fsp3) is 0.250. The Kier molecular flexibility index (Phi) is 5.71. The van der Waals surface area contributed by atoms with Crippen LogP contribution in [-0.4, -0.2) is 27.8 Å². The highest BCUT2D eigenvalue weighted by atomic mass is 32.2. The van der Waals surface area contributed by atoms with E-state index < -0.39 is 10.0 Å². The lowest BCUT2D eigenvalue weighted by atomic mass is 10.1. The first-order chi connectivity index (χ1) is 13.4. The average molecular weight is 402 g/mol. The van der Waals surface area contributed by atoms with Crippen LogP contribution < -0.4 is 14.2 Å². The van der Waals surface area contributed by atoms with E-state index in [1.165, 1.54) is 13.2 Å². The Morgan fingerprint density at radius 3 is 2.32 bits per heavy atom. The minimum absolute atomic E-state index is 0.0365. The van der Waals surface area contributed by atoms with E-state index in [1.54, 1.807) is 43.5 Å². The van der Waals surface area contributed by atoms with Gasteiger partial charge in [-0.05, 0) is 49.7 Å². The Morgan fingerprint density at radius 2 is 1.75 bits per heavy atom. The van der Waals surface area contributed by atoms with Crippen LogP contribution in [0.4, 0.5) is 0 Å². The minimum Gasteiger partial charge on any atom is -0.497 e. The standard InChI is InChI=1S/C20H22N2O5S/c1-13-14(2)22-27-20(13)16-7-10-18(26-4)19(11-16)28(23,24)21-12-15-5-8-17(25-3)9-6-15/h5-11,21H,12H2,1-4H3. The Bertz CT molecular complexity index is 1070. The smallest absolute Gasteiger partial charge is 0.244 e. The first kappa shape index (κ1) is 19.9. The van der Waals surface area contributed by atoms with E-state index in [2.05, 4.69) is 9.88 Å². The molecule has 2 aromatic carbocycles. The molecule has 0 amide bonds. The fourth-order valence-electron chi connectivity index (χ4n) is 2.71. The van der Waals surface area contributed by atoms with E-state index in [-0.39, 0.29) is 17.2 Å². The third kappa shape index (κ3) is 4.02. The number of ether oxygens (including phenoxy) is 2. The summed E-state index contributed by atoms with van der Waals surface area (Å²) in [7, 11) is -0.812. The van der Waals surface area contributed by atoms with E-state index in [1.807, 2.05) is 13.8 Å². The minimum atomic E-state index is -3.82. The van der Waals surface area contributed by atoms with Crippen LogP contribution in [-0.2, 0) is 16.6 Å². The number of benzene rings is 2. The molecule has 1 N–H and O–H groups in total. The van der Waals surface area contributed by atoms with Crippen molar-refractivity contribution < 1.29 is 22.4 Å². The van der Waals surface area contributed by atoms with Gasteiger partial charge in [-0.25, -0.2) is 13.1 Å². The number of aromatic nitrogens is 1. The number of hydrogen-bond donors (Lipinski definition) is 1. The summed E-state index contributed by atoms with van der Waals surface area (Å²) in [6, 6.07) is 12.0. The third-order valence-corrected chi connectivity index (χ3v) is 5.92. The molecule has 0 atom stereocenters. The van der Waals surface area contributed by atoms with Crippen molar-refractivity contribution in [2.24, 2.45) is 0 Å². The summed E-state index contributed by atoms with van der Waals surface area (Å²) in [5.74, 6) is 1.49. The van der Waals surface area contributed by atoms with E-state index in [0.717, 1.165) is 16.8 Å². The molecule has 148 valence electrons. The van der Waals surface area contributed by atoms with Crippen molar-refractivity contribution in [3.8, 4) is 22.8 Å².